The number of piperidine rings is 1. The summed E-state index contributed by atoms with van der Waals surface area (Å²) in [6.45, 7) is 5.37. The fraction of sp³-hybridized carbons (Fsp3) is 0.643. The van der Waals surface area contributed by atoms with Gasteiger partial charge in [0, 0.05) is 24.8 Å². The largest absolute Gasteiger partial charge is 0.481 e. The van der Waals surface area contributed by atoms with Crippen LogP contribution in [0.4, 0.5) is 0 Å². The molecule has 1 aliphatic heterocycles. The molecule has 100 valence electrons. The van der Waals surface area contributed by atoms with Gasteiger partial charge < -0.3 is 10.5 Å². The highest BCUT2D eigenvalue weighted by molar-refractivity contribution is 5.17. The highest BCUT2D eigenvalue weighted by atomic mass is 16.5. The van der Waals surface area contributed by atoms with Crippen molar-refractivity contribution in [2.45, 2.75) is 32.4 Å². The smallest absolute Gasteiger partial charge is 0.212 e. The third-order valence-corrected chi connectivity index (χ3v) is 3.79. The van der Waals surface area contributed by atoms with Gasteiger partial charge in [0.25, 0.3) is 0 Å². The van der Waals surface area contributed by atoms with Crippen LogP contribution in [0.25, 0.3) is 0 Å². The van der Waals surface area contributed by atoms with Crippen molar-refractivity contribution < 1.29 is 4.74 Å². The lowest BCUT2D eigenvalue weighted by Gasteiger charge is -2.33. The predicted molar refractivity (Wildman–Crippen MR) is 72.4 cm³/mol. The van der Waals surface area contributed by atoms with Crippen LogP contribution in [-0.4, -0.2) is 36.1 Å². The Balaban J connectivity index is 1.83. The summed E-state index contributed by atoms with van der Waals surface area (Å²) >= 11 is 0. The molecule has 1 saturated heterocycles. The second-order valence-corrected chi connectivity index (χ2v) is 5.18. The Labute approximate surface area is 109 Å². The molecular weight excluding hydrogens is 226 g/mol. The molecule has 0 aliphatic carbocycles. The van der Waals surface area contributed by atoms with Gasteiger partial charge in [0.05, 0.1) is 7.11 Å². The van der Waals surface area contributed by atoms with Crippen LogP contribution in [-0.2, 0) is 6.54 Å². The molecule has 0 spiro atoms. The maximum absolute atomic E-state index is 5.95. The van der Waals surface area contributed by atoms with Gasteiger partial charge in [-0.05, 0) is 44.3 Å². The Morgan fingerprint density at radius 2 is 2.17 bits per heavy atom. The van der Waals surface area contributed by atoms with E-state index in [0.29, 0.717) is 17.8 Å². The molecule has 0 radical (unpaired) electrons. The second kappa shape index (κ2) is 6.16. The number of nitrogens with two attached hydrogens (primary N) is 1. The van der Waals surface area contributed by atoms with Crippen LogP contribution in [0.2, 0.25) is 0 Å². The molecule has 1 aromatic heterocycles. The summed E-state index contributed by atoms with van der Waals surface area (Å²) < 4.78 is 5.06. The number of rotatable bonds is 4. The molecule has 1 unspecified atom stereocenters. The van der Waals surface area contributed by atoms with E-state index in [2.05, 4.69) is 22.9 Å². The first-order valence-corrected chi connectivity index (χ1v) is 6.66. The monoisotopic (exact) mass is 249 g/mol. The van der Waals surface area contributed by atoms with Gasteiger partial charge >= 0.3 is 0 Å². The highest BCUT2D eigenvalue weighted by Crippen LogP contribution is 2.21. The van der Waals surface area contributed by atoms with Gasteiger partial charge in [-0.15, -0.1) is 0 Å². The summed E-state index contributed by atoms with van der Waals surface area (Å²) in [6.07, 6.45) is 4.32. The maximum Gasteiger partial charge on any atom is 0.212 e. The molecule has 2 rings (SSSR count). The average molecular weight is 249 g/mol. The van der Waals surface area contributed by atoms with Gasteiger partial charge in [-0.2, -0.15) is 0 Å². The van der Waals surface area contributed by atoms with Crippen molar-refractivity contribution >= 4 is 0 Å². The Kier molecular flexibility index (Phi) is 4.55. The lowest BCUT2D eigenvalue weighted by molar-refractivity contribution is 0.165. The topological polar surface area (TPSA) is 51.4 Å². The van der Waals surface area contributed by atoms with Crippen molar-refractivity contribution in [3.8, 4) is 5.88 Å². The Bertz CT molecular complexity index is 356. The molecule has 0 bridgehead atoms. The number of methoxy groups -OCH3 is 1. The Hall–Kier alpha value is -1.13. The van der Waals surface area contributed by atoms with Crippen LogP contribution in [0.15, 0.2) is 18.3 Å². The number of ether oxygens (including phenoxy) is 1. The van der Waals surface area contributed by atoms with Crippen molar-refractivity contribution in [2.24, 2.45) is 11.7 Å². The van der Waals surface area contributed by atoms with E-state index in [1.54, 1.807) is 7.11 Å². The minimum absolute atomic E-state index is 0.329. The first-order valence-electron chi connectivity index (χ1n) is 6.66. The highest BCUT2D eigenvalue weighted by Gasteiger charge is 2.21. The zero-order chi connectivity index (χ0) is 13.0. The molecule has 0 amide bonds. The summed E-state index contributed by atoms with van der Waals surface area (Å²) in [5, 5.41) is 0. The summed E-state index contributed by atoms with van der Waals surface area (Å²) in [5.74, 6) is 1.37. The minimum Gasteiger partial charge on any atom is -0.481 e. The molecule has 4 heteroatoms. The van der Waals surface area contributed by atoms with E-state index in [0.717, 1.165) is 19.6 Å². The molecule has 18 heavy (non-hydrogen) atoms. The maximum atomic E-state index is 5.95. The molecule has 0 aromatic carbocycles. The lowest BCUT2D eigenvalue weighted by atomic mass is 9.91. The molecule has 1 aliphatic rings. The predicted octanol–water partition coefficient (Wildman–Crippen LogP) is 1.65. The fourth-order valence-corrected chi connectivity index (χ4v) is 2.52. The van der Waals surface area contributed by atoms with Crippen molar-refractivity contribution in [1.82, 2.24) is 9.88 Å². The molecular formula is C14H23N3O. The van der Waals surface area contributed by atoms with E-state index in [4.69, 9.17) is 10.5 Å². The molecule has 2 N–H and O–H groups in total. The zero-order valence-electron chi connectivity index (χ0n) is 11.3. The molecule has 0 saturated carbocycles. The third-order valence-electron chi connectivity index (χ3n) is 3.79. The van der Waals surface area contributed by atoms with E-state index in [1.165, 1.54) is 18.4 Å². The molecule has 1 atom stereocenters. The van der Waals surface area contributed by atoms with Crippen molar-refractivity contribution in [2.75, 3.05) is 20.2 Å². The van der Waals surface area contributed by atoms with E-state index >= 15 is 0 Å². The van der Waals surface area contributed by atoms with Crippen molar-refractivity contribution in [3.63, 3.8) is 0 Å². The molecule has 1 aromatic rings. The summed E-state index contributed by atoms with van der Waals surface area (Å²) in [7, 11) is 1.64. The average Bonchev–Trinajstić information content (AvgIpc) is 2.40. The number of likely N-dealkylation sites (tertiary alicyclic amines) is 1. The Morgan fingerprint density at radius 1 is 1.44 bits per heavy atom. The second-order valence-electron chi connectivity index (χ2n) is 5.18. The normalized spacial score (nSPS) is 19.7. The van der Waals surface area contributed by atoms with Gasteiger partial charge in [-0.25, -0.2) is 4.98 Å². The van der Waals surface area contributed by atoms with Gasteiger partial charge in [0.15, 0.2) is 0 Å². The van der Waals surface area contributed by atoms with Gasteiger partial charge in [0.2, 0.25) is 5.88 Å². The molecule has 1 fully saturated rings. The summed E-state index contributed by atoms with van der Waals surface area (Å²) in [6, 6.07) is 4.34. The number of hydrogen-bond donors (Lipinski definition) is 1. The van der Waals surface area contributed by atoms with Crippen LogP contribution in [0, 0.1) is 5.92 Å². The van der Waals surface area contributed by atoms with Crippen molar-refractivity contribution in [1.29, 1.82) is 0 Å². The molecule has 2 heterocycles. The molecule has 4 nitrogen and oxygen atoms in total. The summed E-state index contributed by atoms with van der Waals surface area (Å²) in [4.78, 5) is 6.71. The quantitative estimate of drug-likeness (QED) is 0.881. The first kappa shape index (κ1) is 13.3. The standard InChI is InChI=1S/C14H23N3O/c1-11(15)13-5-7-17(8-6-13)10-12-3-4-14(18-2)16-9-12/h3-4,9,11,13H,5-8,10,15H2,1-2H3. The van der Waals surface area contributed by atoms with Crippen LogP contribution < -0.4 is 10.5 Å². The van der Waals surface area contributed by atoms with Gasteiger partial charge in [0.1, 0.15) is 0 Å². The lowest BCUT2D eigenvalue weighted by Crippen LogP contribution is -2.39. The summed E-state index contributed by atoms with van der Waals surface area (Å²) in [5.41, 5.74) is 7.20. The van der Waals surface area contributed by atoms with Gasteiger partial charge in [-0.3, -0.25) is 4.90 Å². The SMILES string of the molecule is COc1ccc(CN2CCC(C(C)N)CC2)cn1. The third kappa shape index (κ3) is 3.43. The number of pyridine rings is 1. The number of nitrogens with zero attached hydrogens (tertiary/aromatic N) is 2. The Morgan fingerprint density at radius 3 is 2.67 bits per heavy atom. The number of aromatic nitrogens is 1. The zero-order valence-corrected chi connectivity index (χ0v) is 11.3. The van der Waals surface area contributed by atoms with E-state index < -0.39 is 0 Å². The van der Waals surface area contributed by atoms with Crippen LogP contribution in [0.3, 0.4) is 0 Å². The van der Waals surface area contributed by atoms with Gasteiger partial charge in [-0.1, -0.05) is 6.07 Å². The van der Waals surface area contributed by atoms with Crippen LogP contribution >= 0.6 is 0 Å². The van der Waals surface area contributed by atoms with E-state index in [1.807, 2.05) is 12.3 Å². The number of hydrogen-bond acceptors (Lipinski definition) is 4. The first-order chi connectivity index (χ1) is 8.69. The van der Waals surface area contributed by atoms with E-state index in [9.17, 15) is 0 Å². The van der Waals surface area contributed by atoms with Crippen LogP contribution in [0.5, 0.6) is 5.88 Å². The minimum atomic E-state index is 0.329. The van der Waals surface area contributed by atoms with E-state index in [-0.39, 0.29) is 0 Å². The van der Waals surface area contributed by atoms with Crippen LogP contribution in [0.1, 0.15) is 25.3 Å². The fourth-order valence-electron chi connectivity index (χ4n) is 2.52. The van der Waals surface area contributed by atoms with Crippen molar-refractivity contribution in [3.05, 3.63) is 23.9 Å².